The lowest BCUT2D eigenvalue weighted by Gasteiger charge is -2.34. The SMILES string of the molecule is CC(=O)Nc1cc([C@H]2C[C@@H](NC(C)=O)C2)n[nH]1. The summed E-state index contributed by atoms with van der Waals surface area (Å²) in [5.41, 5.74) is 0.940. The van der Waals surface area contributed by atoms with Crippen LogP contribution in [0, 0.1) is 0 Å². The van der Waals surface area contributed by atoms with Gasteiger partial charge in [-0.15, -0.1) is 0 Å². The van der Waals surface area contributed by atoms with E-state index in [4.69, 9.17) is 0 Å². The molecule has 0 unspecified atom stereocenters. The summed E-state index contributed by atoms with van der Waals surface area (Å²) in [6, 6.07) is 2.11. The Morgan fingerprint density at radius 1 is 1.35 bits per heavy atom. The van der Waals surface area contributed by atoms with E-state index in [2.05, 4.69) is 20.8 Å². The number of nitrogens with one attached hydrogen (secondary N) is 3. The lowest BCUT2D eigenvalue weighted by molar-refractivity contribution is -0.120. The predicted molar refractivity (Wildman–Crippen MR) is 62.5 cm³/mol. The second-order valence-corrected chi connectivity index (χ2v) is 4.45. The Morgan fingerprint density at radius 2 is 2.06 bits per heavy atom. The zero-order valence-electron chi connectivity index (χ0n) is 9.91. The fraction of sp³-hybridized carbons (Fsp3) is 0.545. The summed E-state index contributed by atoms with van der Waals surface area (Å²) in [6.45, 7) is 2.98. The van der Waals surface area contributed by atoms with Crippen LogP contribution < -0.4 is 10.6 Å². The quantitative estimate of drug-likeness (QED) is 0.723. The number of amides is 2. The Morgan fingerprint density at radius 3 is 2.65 bits per heavy atom. The number of hydrogen-bond donors (Lipinski definition) is 3. The molecule has 0 aromatic carbocycles. The highest BCUT2D eigenvalue weighted by molar-refractivity contribution is 5.87. The molecular weight excluding hydrogens is 220 g/mol. The van der Waals surface area contributed by atoms with Crippen LogP contribution in [-0.4, -0.2) is 28.1 Å². The molecule has 2 amide bonds. The second-order valence-electron chi connectivity index (χ2n) is 4.45. The van der Waals surface area contributed by atoms with Crippen molar-refractivity contribution >= 4 is 17.6 Å². The van der Waals surface area contributed by atoms with Gasteiger partial charge in [-0.2, -0.15) is 5.10 Å². The van der Waals surface area contributed by atoms with Gasteiger partial charge in [-0.1, -0.05) is 0 Å². The predicted octanol–water partition coefficient (Wildman–Crippen LogP) is 0.750. The molecule has 2 rings (SSSR count). The van der Waals surface area contributed by atoms with Crippen molar-refractivity contribution in [2.45, 2.75) is 38.6 Å². The van der Waals surface area contributed by atoms with Gasteiger partial charge in [0.1, 0.15) is 5.82 Å². The van der Waals surface area contributed by atoms with E-state index in [9.17, 15) is 9.59 Å². The maximum Gasteiger partial charge on any atom is 0.222 e. The van der Waals surface area contributed by atoms with Crippen molar-refractivity contribution in [2.75, 3.05) is 5.32 Å². The van der Waals surface area contributed by atoms with Crippen LogP contribution in [0.3, 0.4) is 0 Å². The van der Waals surface area contributed by atoms with E-state index in [0.717, 1.165) is 18.5 Å². The summed E-state index contributed by atoms with van der Waals surface area (Å²) < 4.78 is 0. The number of hydrogen-bond acceptors (Lipinski definition) is 3. The molecule has 1 saturated carbocycles. The highest BCUT2D eigenvalue weighted by Gasteiger charge is 2.32. The third-order valence-electron chi connectivity index (χ3n) is 2.87. The van der Waals surface area contributed by atoms with Crippen molar-refractivity contribution in [1.82, 2.24) is 15.5 Å². The van der Waals surface area contributed by atoms with Gasteiger partial charge in [0, 0.05) is 31.9 Å². The molecule has 0 aliphatic heterocycles. The molecular formula is C11H16N4O2. The summed E-state index contributed by atoms with van der Waals surface area (Å²) in [5.74, 6) is 0.875. The van der Waals surface area contributed by atoms with E-state index >= 15 is 0 Å². The average Bonchev–Trinajstić information content (AvgIpc) is 2.57. The molecule has 6 heteroatoms. The van der Waals surface area contributed by atoms with Crippen LogP contribution in [-0.2, 0) is 9.59 Å². The third kappa shape index (κ3) is 2.83. The molecule has 1 aliphatic rings. The highest BCUT2D eigenvalue weighted by atomic mass is 16.2. The Balaban J connectivity index is 1.86. The minimum Gasteiger partial charge on any atom is -0.354 e. The monoisotopic (exact) mass is 236 g/mol. The molecule has 92 valence electrons. The van der Waals surface area contributed by atoms with Gasteiger partial charge in [0.25, 0.3) is 0 Å². The highest BCUT2D eigenvalue weighted by Crippen LogP contribution is 2.36. The van der Waals surface area contributed by atoms with Gasteiger partial charge in [-0.25, -0.2) is 0 Å². The fourth-order valence-electron chi connectivity index (χ4n) is 2.06. The number of carbonyl (C=O) groups excluding carboxylic acids is 2. The van der Waals surface area contributed by atoms with Crippen molar-refractivity contribution in [3.8, 4) is 0 Å². The molecule has 3 N–H and O–H groups in total. The van der Waals surface area contributed by atoms with Gasteiger partial charge in [0.15, 0.2) is 0 Å². The maximum absolute atomic E-state index is 10.8. The first-order valence-corrected chi connectivity index (χ1v) is 5.64. The van der Waals surface area contributed by atoms with E-state index in [1.54, 1.807) is 0 Å². The Hall–Kier alpha value is -1.85. The second kappa shape index (κ2) is 4.57. The van der Waals surface area contributed by atoms with Crippen LogP contribution in [0.5, 0.6) is 0 Å². The third-order valence-corrected chi connectivity index (χ3v) is 2.87. The Bertz CT molecular complexity index is 434. The molecule has 1 heterocycles. The molecule has 1 aromatic rings. The van der Waals surface area contributed by atoms with E-state index in [1.165, 1.54) is 13.8 Å². The molecule has 1 aliphatic carbocycles. The van der Waals surface area contributed by atoms with Crippen LogP contribution in [0.25, 0.3) is 0 Å². The van der Waals surface area contributed by atoms with Gasteiger partial charge >= 0.3 is 0 Å². The number of H-pyrrole nitrogens is 1. The summed E-state index contributed by atoms with van der Waals surface area (Å²) in [4.78, 5) is 21.7. The fourth-order valence-corrected chi connectivity index (χ4v) is 2.06. The lowest BCUT2D eigenvalue weighted by Crippen LogP contribution is -2.42. The van der Waals surface area contributed by atoms with E-state index in [1.807, 2.05) is 6.07 Å². The first kappa shape index (κ1) is 11.6. The van der Waals surface area contributed by atoms with Gasteiger partial charge in [-0.05, 0) is 12.8 Å². The topological polar surface area (TPSA) is 86.9 Å². The number of aromatic nitrogens is 2. The molecule has 0 atom stereocenters. The molecule has 0 bridgehead atoms. The van der Waals surface area contributed by atoms with Gasteiger partial charge in [0.2, 0.25) is 11.8 Å². The minimum atomic E-state index is -0.120. The van der Waals surface area contributed by atoms with E-state index < -0.39 is 0 Å². The summed E-state index contributed by atoms with van der Waals surface area (Å²) in [7, 11) is 0. The van der Waals surface area contributed by atoms with Crippen molar-refractivity contribution in [3.63, 3.8) is 0 Å². The number of aromatic amines is 1. The van der Waals surface area contributed by atoms with Crippen LogP contribution in [0.4, 0.5) is 5.82 Å². The lowest BCUT2D eigenvalue weighted by atomic mass is 9.78. The molecule has 6 nitrogen and oxygen atoms in total. The Kier molecular flexibility index (Phi) is 3.12. The number of anilines is 1. The van der Waals surface area contributed by atoms with Crippen molar-refractivity contribution in [1.29, 1.82) is 0 Å². The molecule has 0 saturated heterocycles. The minimum absolute atomic E-state index is 0.00872. The smallest absolute Gasteiger partial charge is 0.222 e. The zero-order valence-corrected chi connectivity index (χ0v) is 9.91. The molecule has 17 heavy (non-hydrogen) atoms. The van der Waals surface area contributed by atoms with Crippen LogP contribution in [0.1, 0.15) is 38.3 Å². The van der Waals surface area contributed by atoms with Crippen molar-refractivity contribution < 1.29 is 9.59 Å². The van der Waals surface area contributed by atoms with Crippen molar-refractivity contribution in [3.05, 3.63) is 11.8 Å². The van der Waals surface area contributed by atoms with Crippen LogP contribution in [0.2, 0.25) is 0 Å². The molecule has 0 spiro atoms. The first-order chi connectivity index (χ1) is 8.04. The van der Waals surface area contributed by atoms with Crippen molar-refractivity contribution in [2.24, 2.45) is 0 Å². The van der Waals surface area contributed by atoms with Gasteiger partial charge in [-0.3, -0.25) is 14.7 Å². The normalized spacial score (nSPS) is 22.7. The number of nitrogens with zero attached hydrogens (tertiary/aromatic N) is 1. The maximum atomic E-state index is 10.8. The van der Waals surface area contributed by atoms with Crippen LogP contribution in [0.15, 0.2) is 6.07 Å². The van der Waals surface area contributed by atoms with Gasteiger partial charge in [0.05, 0.1) is 5.69 Å². The zero-order chi connectivity index (χ0) is 12.4. The molecule has 0 radical (unpaired) electrons. The molecule has 1 fully saturated rings. The molecule has 1 aromatic heterocycles. The van der Waals surface area contributed by atoms with Crippen LogP contribution >= 0.6 is 0 Å². The standard InChI is InChI=1S/C11H16N4O2/c1-6(16)12-9-3-8(4-9)10-5-11(15-14-10)13-7(2)17/h5,8-9H,3-4H2,1-2H3,(H,12,16)(H2,13,14,15,17)/t8-,9+. The summed E-state index contributed by atoms with van der Waals surface area (Å²) in [6.07, 6.45) is 1.81. The van der Waals surface area contributed by atoms with Gasteiger partial charge < -0.3 is 10.6 Å². The first-order valence-electron chi connectivity index (χ1n) is 5.64. The van der Waals surface area contributed by atoms with E-state index in [0.29, 0.717) is 11.7 Å². The largest absolute Gasteiger partial charge is 0.354 e. The summed E-state index contributed by atoms with van der Waals surface area (Å²) >= 11 is 0. The Labute approximate surface area is 99.2 Å². The average molecular weight is 236 g/mol. The van der Waals surface area contributed by atoms with E-state index in [-0.39, 0.29) is 17.9 Å². The summed E-state index contributed by atoms with van der Waals surface area (Å²) in [5, 5.41) is 12.4. The number of rotatable bonds is 3. The number of carbonyl (C=O) groups is 2.